The van der Waals surface area contributed by atoms with Crippen LogP contribution in [0.1, 0.15) is 25.7 Å². The lowest BCUT2D eigenvalue weighted by Crippen LogP contribution is -2.42. The van der Waals surface area contributed by atoms with E-state index in [9.17, 15) is 9.59 Å². The number of nitrogens with zero attached hydrogens (tertiary/aromatic N) is 2. The second-order valence-corrected chi connectivity index (χ2v) is 5.86. The van der Waals surface area contributed by atoms with Crippen molar-refractivity contribution < 1.29 is 9.59 Å². The predicted octanol–water partition coefficient (Wildman–Crippen LogP) is 1.31. The van der Waals surface area contributed by atoms with Gasteiger partial charge in [0.25, 0.3) is 5.91 Å². The lowest BCUT2D eigenvalue weighted by atomic mass is 10.2. The van der Waals surface area contributed by atoms with Crippen LogP contribution in [0.3, 0.4) is 0 Å². The van der Waals surface area contributed by atoms with Gasteiger partial charge in [0.05, 0.1) is 0 Å². The number of amides is 3. The van der Waals surface area contributed by atoms with E-state index in [4.69, 9.17) is 0 Å². The van der Waals surface area contributed by atoms with Crippen molar-refractivity contribution in [1.29, 1.82) is 0 Å². The summed E-state index contributed by atoms with van der Waals surface area (Å²) in [5.41, 5.74) is 0. The quantitative estimate of drug-likeness (QED) is 0.649. The third-order valence-electron chi connectivity index (χ3n) is 3.79. The molecule has 1 atom stereocenters. The van der Waals surface area contributed by atoms with Crippen molar-refractivity contribution in [3.05, 3.63) is 0 Å². The van der Waals surface area contributed by atoms with Crippen LogP contribution in [-0.4, -0.2) is 51.9 Å². The van der Waals surface area contributed by atoms with Crippen LogP contribution in [0, 0.1) is 0 Å². The Morgan fingerprint density at radius 2 is 1.94 bits per heavy atom. The molecule has 3 amide bonds. The molecule has 0 aromatic rings. The SMILES string of the molecule is O=C1C2CSCCN2C(=O)N1C1CCCC1. The van der Waals surface area contributed by atoms with Gasteiger partial charge in [-0.1, -0.05) is 12.8 Å². The summed E-state index contributed by atoms with van der Waals surface area (Å²) in [6, 6.07) is 0.00431. The number of urea groups is 1. The Kier molecular flexibility index (Phi) is 2.58. The molecule has 2 aliphatic heterocycles. The van der Waals surface area contributed by atoms with Crippen LogP contribution in [-0.2, 0) is 4.79 Å². The molecule has 4 nitrogen and oxygen atoms in total. The summed E-state index contributed by atoms with van der Waals surface area (Å²) in [6.45, 7) is 0.739. The summed E-state index contributed by atoms with van der Waals surface area (Å²) in [5.74, 6) is 1.81. The van der Waals surface area contributed by atoms with E-state index in [0.29, 0.717) is 0 Å². The van der Waals surface area contributed by atoms with Crippen molar-refractivity contribution in [1.82, 2.24) is 9.80 Å². The molecule has 1 aliphatic carbocycles. The van der Waals surface area contributed by atoms with E-state index in [0.717, 1.165) is 43.7 Å². The van der Waals surface area contributed by atoms with Crippen molar-refractivity contribution in [3.8, 4) is 0 Å². The van der Waals surface area contributed by atoms with Crippen LogP contribution in [0.5, 0.6) is 0 Å². The standard InChI is InChI=1S/C11H16N2O2S/c14-10-9-7-16-6-5-12(9)11(15)13(10)8-3-1-2-4-8/h8-9H,1-7H2. The molecular weight excluding hydrogens is 224 g/mol. The van der Waals surface area contributed by atoms with Crippen LogP contribution < -0.4 is 0 Å². The Balaban J connectivity index is 1.83. The second kappa shape index (κ2) is 3.95. The molecule has 88 valence electrons. The predicted molar refractivity (Wildman–Crippen MR) is 62.3 cm³/mol. The largest absolute Gasteiger partial charge is 0.327 e. The minimum absolute atomic E-state index is 0.0257. The van der Waals surface area contributed by atoms with Gasteiger partial charge in [0, 0.05) is 24.1 Å². The zero-order valence-electron chi connectivity index (χ0n) is 9.22. The van der Waals surface area contributed by atoms with Gasteiger partial charge in [-0.3, -0.25) is 9.69 Å². The highest BCUT2D eigenvalue weighted by molar-refractivity contribution is 7.99. The first-order chi connectivity index (χ1) is 7.79. The molecule has 3 fully saturated rings. The maximum absolute atomic E-state index is 12.2. The fraction of sp³-hybridized carbons (Fsp3) is 0.818. The summed E-state index contributed by atoms with van der Waals surface area (Å²) in [6.07, 6.45) is 4.32. The van der Waals surface area contributed by atoms with E-state index >= 15 is 0 Å². The molecular formula is C11H16N2O2S. The number of thioether (sulfide) groups is 1. The average Bonchev–Trinajstić information content (AvgIpc) is 2.89. The van der Waals surface area contributed by atoms with Gasteiger partial charge in [-0.2, -0.15) is 11.8 Å². The van der Waals surface area contributed by atoms with Crippen molar-refractivity contribution in [3.63, 3.8) is 0 Å². The number of hydrogen-bond acceptors (Lipinski definition) is 3. The lowest BCUT2D eigenvalue weighted by Gasteiger charge is -2.26. The van der Waals surface area contributed by atoms with Crippen LogP contribution >= 0.6 is 11.8 Å². The Bertz CT molecular complexity index is 304. The number of rotatable bonds is 1. The molecule has 0 spiro atoms. The van der Waals surface area contributed by atoms with E-state index in [1.54, 1.807) is 21.6 Å². The average molecular weight is 240 g/mol. The molecule has 2 heterocycles. The van der Waals surface area contributed by atoms with Crippen molar-refractivity contribution >= 4 is 23.7 Å². The van der Waals surface area contributed by atoms with Gasteiger partial charge in [-0.15, -0.1) is 0 Å². The van der Waals surface area contributed by atoms with Crippen molar-refractivity contribution in [2.75, 3.05) is 18.1 Å². The minimum Gasteiger partial charge on any atom is -0.311 e. The number of carbonyl (C=O) groups is 2. The highest BCUT2D eigenvalue weighted by atomic mass is 32.2. The molecule has 1 unspecified atom stereocenters. The van der Waals surface area contributed by atoms with Crippen LogP contribution in [0.2, 0.25) is 0 Å². The summed E-state index contributed by atoms with van der Waals surface area (Å²) in [7, 11) is 0. The maximum Gasteiger partial charge on any atom is 0.327 e. The van der Waals surface area contributed by atoms with Crippen LogP contribution in [0.25, 0.3) is 0 Å². The number of imide groups is 1. The fourth-order valence-electron chi connectivity index (χ4n) is 2.93. The van der Waals surface area contributed by atoms with Crippen molar-refractivity contribution in [2.45, 2.75) is 37.8 Å². The van der Waals surface area contributed by atoms with E-state index in [2.05, 4.69) is 0 Å². The maximum atomic E-state index is 12.2. The van der Waals surface area contributed by atoms with Gasteiger partial charge < -0.3 is 4.90 Å². The van der Waals surface area contributed by atoms with Gasteiger partial charge in [0.2, 0.25) is 0 Å². The molecule has 0 aromatic heterocycles. The first kappa shape index (κ1) is 10.4. The minimum atomic E-state index is -0.160. The first-order valence-electron chi connectivity index (χ1n) is 6.00. The molecule has 3 aliphatic rings. The summed E-state index contributed by atoms with van der Waals surface area (Å²) in [5, 5.41) is 0. The number of hydrogen-bond donors (Lipinski definition) is 0. The van der Waals surface area contributed by atoms with Crippen LogP contribution in [0.4, 0.5) is 4.79 Å². The molecule has 16 heavy (non-hydrogen) atoms. The summed E-state index contributed by atoms with van der Waals surface area (Å²) < 4.78 is 0. The molecule has 0 radical (unpaired) electrons. The molecule has 0 bridgehead atoms. The topological polar surface area (TPSA) is 40.6 Å². The zero-order chi connectivity index (χ0) is 11.1. The first-order valence-corrected chi connectivity index (χ1v) is 7.16. The van der Waals surface area contributed by atoms with Gasteiger partial charge in [0.1, 0.15) is 6.04 Å². The molecule has 5 heteroatoms. The third-order valence-corrected chi connectivity index (χ3v) is 4.82. The lowest BCUT2D eigenvalue weighted by molar-refractivity contribution is -0.129. The Morgan fingerprint density at radius 3 is 2.62 bits per heavy atom. The van der Waals surface area contributed by atoms with Gasteiger partial charge in [-0.25, -0.2) is 4.79 Å². The van der Waals surface area contributed by atoms with E-state index in [1.807, 2.05) is 0 Å². The molecule has 0 N–H and O–H groups in total. The Hall–Kier alpha value is -0.710. The fourth-order valence-corrected chi connectivity index (χ4v) is 3.97. The van der Waals surface area contributed by atoms with E-state index in [-0.39, 0.29) is 24.0 Å². The van der Waals surface area contributed by atoms with E-state index in [1.165, 1.54) is 0 Å². The Morgan fingerprint density at radius 1 is 1.19 bits per heavy atom. The highest BCUT2D eigenvalue weighted by Gasteiger charge is 2.48. The summed E-state index contributed by atoms with van der Waals surface area (Å²) >= 11 is 1.78. The molecule has 3 rings (SSSR count). The smallest absolute Gasteiger partial charge is 0.311 e. The Labute approximate surface area is 99.3 Å². The second-order valence-electron chi connectivity index (χ2n) is 4.71. The highest BCUT2D eigenvalue weighted by Crippen LogP contribution is 2.32. The van der Waals surface area contributed by atoms with Crippen LogP contribution in [0.15, 0.2) is 0 Å². The summed E-state index contributed by atoms with van der Waals surface area (Å²) in [4.78, 5) is 27.7. The third kappa shape index (κ3) is 1.44. The van der Waals surface area contributed by atoms with Crippen molar-refractivity contribution in [2.24, 2.45) is 0 Å². The normalized spacial score (nSPS) is 31.4. The molecule has 0 aromatic carbocycles. The number of carbonyl (C=O) groups excluding carboxylic acids is 2. The molecule has 1 saturated carbocycles. The zero-order valence-corrected chi connectivity index (χ0v) is 10.0. The van der Waals surface area contributed by atoms with Gasteiger partial charge in [-0.05, 0) is 12.8 Å². The van der Waals surface area contributed by atoms with Gasteiger partial charge >= 0.3 is 6.03 Å². The van der Waals surface area contributed by atoms with Gasteiger partial charge in [0.15, 0.2) is 0 Å². The molecule has 2 saturated heterocycles. The number of fused-ring (bicyclic) bond motifs is 1. The van der Waals surface area contributed by atoms with E-state index < -0.39 is 0 Å². The monoisotopic (exact) mass is 240 g/mol.